The third-order valence-corrected chi connectivity index (χ3v) is 1.74. The Morgan fingerprint density at radius 2 is 2.00 bits per heavy atom. The molecule has 0 aliphatic carbocycles. The second-order valence-electron chi connectivity index (χ2n) is 2.86. The number of hydrogen-bond donors (Lipinski definition) is 3. The number of hydrogen-bond acceptors (Lipinski definition) is 6. The lowest BCUT2D eigenvalue weighted by Gasteiger charge is -2.34. The van der Waals surface area contributed by atoms with Crippen molar-refractivity contribution in [1.82, 2.24) is 0 Å². The van der Waals surface area contributed by atoms with Gasteiger partial charge in [0, 0.05) is 6.92 Å². The second kappa shape index (κ2) is 4.01. The fourth-order valence-electron chi connectivity index (χ4n) is 1.05. The summed E-state index contributed by atoms with van der Waals surface area (Å²) < 4.78 is 9.32. The lowest BCUT2D eigenvalue weighted by molar-refractivity contribution is -0.261. The van der Waals surface area contributed by atoms with E-state index in [1.54, 1.807) is 0 Å². The maximum Gasteiger partial charge on any atom is 0.305 e. The maximum absolute atomic E-state index is 10.5. The monoisotopic (exact) mass is 192 g/mol. The van der Waals surface area contributed by atoms with E-state index in [4.69, 9.17) is 14.9 Å². The van der Waals surface area contributed by atoms with Gasteiger partial charge in [-0.25, -0.2) is 0 Å². The highest BCUT2D eigenvalue weighted by Gasteiger charge is 2.39. The fourth-order valence-corrected chi connectivity index (χ4v) is 1.05. The lowest BCUT2D eigenvalue weighted by Crippen LogP contribution is -2.54. The van der Waals surface area contributed by atoms with Crippen LogP contribution in [0.1, 0.15) is 6.92 Å². The van der Waals surface area contributed by atoms with E-state index in [1.807, 2.05) is 0 Å². The van der Waals surface area contributed by atoms with Crippen molar-refractivity contribution >= 4 is 5.97 Å². The number of rotatable bonds is 1. The van der Waals surface area contributed by atoms with Gasteiger partial charge in [0.25, 0.3) is 0 Å². The first-order valence-corrected chi connectivity index (χ1v) is 3.85. The van der Waals surface area contributed by atoms with Crippen molar-refractivity contribution in [2.75, 3.05) is 6.61 Å². The third kappa shape index (κ3) is 2.38. The molecule has 0 aromatic carbocycles. The molecule has 76 valence electrons. The summed E-state index contributed by atoms with van der Waals surface area (Å²) in [4.78, 5) is 10.5. The lowest BCUT2D eigenvalue weighted by atomic mass is 10.1. The van der Waals surface area contributed by atoms with Crippen LogP contribution in [-0.4, -0.2) is 52.5 Å². The van der Waals surface area contributed by atoms with Crippen molar-refractivity contribution < 1.29 is 29.6 Å². The Morgan fingerprint density at radius 3 is 2.54 bits per heavy atom. The van der Waals surface area contributed by atoms with Gasteiger partial charge in [0.05, 0.1) is 6.61 Å². The number of carbonyl (C=O) groups is 1. The van der Waals surface area contributed by atoms with Crippen LogP contribution in [-0.2, 0) is 14.3 Å². The molecule has 1 aliphatic heterocycles. The minimum Gasteiger partial charge on any atom is -0.433 e. The van der Waals surface area contributed by atoms with Crippen LogP contribution in [0.3, 0.4) is 0 Å². The summed E-state index contributed by atoms with van der Waals surface area (Å²) >= 11 is 0. The van der Waals surface area contributed by atoms with Crippen LogP contribution >= 0.6 is 0 Å². The molecule has 0 aromatic heterocycles. The molecule has 0 spiro atoms. The minimum atomic E-state index is -1.41. The molecule has 6 heteroatoms. The zero-order valence-electron chi connectivity index (χ0n) is 7.08. The summed E-state index contributed by atoms with van der Waals surface area (Å²) in [5, 5.41) is 27.4. The Morgan fingerprint density at radius 1 is 1.38 bits per heavy atom. The highest BCUT2D eigenvalue weighted by molar-refractivity contribution is 5.66. The molecule has 1 heterocycles. The molecule has 0 bridgehead atoms. The molecule has 1 rings (SSSR count). The molecule has 6 nitrogen and oxygen atoms in total. The average molecular weight is 192 g/mol. The van der Waals surface area contributed by atoms with Gasteiger partial charge in [0.2, 0.25) is 6.29 Å². The number of ether oxygens (including phenoxy) is 2. The second-order valence-corrected chi connectivity index (χ2v) is 2.86. The van der Waals surface area contributed by atoms with E-state index in [0.29, 0.717) is 0 Å². The van der Waals surface area contributed by atoms with Crippen molar-refractivity contribution in [3.63, 3.8) is 0 Å². The average Bonchev–Trinajstić information content (AvgIpc) is 2.06. The number of carbonyl (C=O) groups excluding carboxylic acids is 1. The molecule has 0 radical (unpaired) electrons. The highest BCUT2D eigenvalue weighted by Crippen LogP contribution is 2.16. The van der Waals surface area contributed by atoms with Crippen molar-refractivity contribution in [2.45, 2.75) is 31.5 Å². The van der Waals surface area contributed by atoms with E-state index >= 15 is 0 Å². The molecule has 1 saturated heterocycles. The summed E-state index contributed by atoms with van der Waals surface area (Å²) in [5.74, 6) is -0.618. The van der Waals surface area contributed by atoms with E-state index in [9.17, 15) is 9.90 Å². The molecule has 3 N–H and O–H groups in total. The first-order chi connectivity index (χ1) is 6.02. The maximum atomic E-state index is 10.5. The van der Waals surface area contributed by atoms with Crippen LogP contribution in [0.4, 0.5) is 0 Å². The Bertz CT molecular complexity index is 193. The number of esters is 1. The van der Waals surface area contributed by atoms with E-state index in [2.05, 4.69) is 4.74 Å². The highest BCUT2D eigenvalue weighted by atomic mass is 16.7. The largest absolute Gasteiger partial charge is 0.433 e. The van der Waals surface area contributed by atoms with Crippen LogP contribution in [0, 0.1) is 0 Å². The fraction of sp³-hybridized carbons (Fsp3) is 0.857. The zero-order chi connectivity index (χ0) is 10.0. The summed E-state index contributed by atoms with van der Waals surface area (Å²) in [6.07, 6.45) is -5.11. The van der Waals surface area contributed by atoms with Gasteiger partial charge in [-0.2, -0.15) is 0 Å². The van der Waals surface area contributed by atoms with Crippen LogP contribution in [0.15, 0.2) is 0 Å². The van der Waals surface area contributed by atoms with Crippen LogP contribution in [0.5, 0.6) is 0 Å². The van der Waals surface area contributed by atoms with Gasteiger partial charge < -0.3 is 24.8 Å². The van der Waals surface area contributed by atoms with Crippen molar-refractivity contribution in [2.24, 2.45) is 0 Å². The molecule has 4 atom stereocenters. The van der Waals surface area contributed by atoms with Crippen molar-refractivity contribution in [3.8, 4) is 0 Å². The SMILES string of the molecule is CC(=O)O[C@H]1OC[C@H](O)[C@@H](O)[C@@H]1O. The predicted molar refractivity (Wildman–Crippen MR) is 39.5 cm³/mol. The van der Waals surface area contributed by atoms with Gasteiger partial charge in [-0.05, 0) is 0 Å². The quantitative estimate of drug-likeness (QED) is 0.415. The standard InChI is InChI=1S/C7H12O6/c1-3(8)13-7-6(11)5(10)4(9)2-12-7/h4-7,9-11H,2H2,1H3/t4-,5+,6-,7+/m0/s1. The van der Waals surface area contributed by atoms with Gasteiger partial charge in [0.15, 0.2) is 0 Å². The Labute approximate surface area is 74.7 Å². The molecule has 0 aromatic rings. The van der Waals surface area contributed by atoms with E-state index < -0.39 is 30.6 Å². The Kier molecular flexibility index (Phi) is 3.21. The van der Waals surface area contributed by atoms with Crippen LogP contribution in [0.2, 0.25) is 0 Å². The number of aliphatic hydroxyl groups is 3. The topological polar surface area (TPSA) is 96.2 Å². The molecular weight excluding hydrogens is 180 g/mol. The molecule has 1 fully saturated rings. The van der Waals surface area contributed by atoms with Gasteiger partial charge in [0.1, 0.15) is 18.3 Å². The van der Waals surface area contributed by atoms with Crippen LogP contribution in [0.25, 0.3) is 0 Å². The summed E-state index contributed by atoms with van der Waals surface area (Å²) in [6.45, 7) is 0.990. The normalized spacial score (nSPS) is 40.0. The predicted octanol–water partition coefficient (Wildman–Crippen LogP) is -2.01. The Balaban J connectivity index is 2.53. The summed E-state index contributed by atoms with van der Waals surface area (Å²) in [7, 11) is 0. The first-order valence-electron chi connectivity index (χ1n) is 3.85. The van der Waals surface area contributed by atoms with Gasteiger partial charge in [-0.3, -0.25) is 4.79 Å². The molecule has 0 amide bonds. The van der Waals surface area contributed by atoms with E-state index in [-0.39, 0.29) is 6.61 Å². The molecule has 13 heavy (non-hydrogen) atoms. The molecule has 0 unspecified atom stereocenters. The first kappa shape index (κ1) is 10.4. The zero-order valence-corrected chi connectivity index (χ0v) is 7.08. The Hall–Kier alpha value is -0.690. The molecule has 0 saturated carbocycles. The van der Waals surface area contributed by atoms with Crippen molar-refractivity contribution in [3.05, 3.63) is 0 Å². The third-order valence-electron chi connectivity index (χ3n) is 1.74. The smallest absolute Gasteiger partial charge is 0.305 e. The van der Waals surface area contributed by atoms with Crippen LogP contribution < -0.4 is 0 Å². The van der Waals surface area contributed by atoms with Gasteiger partial charge in [-0.15, -0.1) is 0 Å². The summed E-state index contributed by atoms with van der Waals surface area (Å²) in [6, 6.07) is 0. The van der Waals surface area contributed by atoms with Gasteiger partial charge >= 0.3 is 5.97 Å². The summed E-state index contributed by atoms with van der Waals surface area (Å²) in [5.41, 5.74) is 0. The molecular formula is C7H12O6. The minimum absolute atomic E-state index is 0.170. The van der Waals surface area contributed by atoms with Crippen molar-refractivity contribution in [1.29, 1.82) is 0 Å². The van der Waals surface area contributed by atoms with E-state index in [0.717, 1.165) is 6.92 Å². The van der Waals surface area contributed by atoms with Gasteiger partial charge in [-0.1, -0.05) is 0 Å². The molecule has 1 aliphatic rings. The van der Waals surface area contributed by atoms with E-state index in [1.165, 1.54) is 0 Å². The number of aliphatic hydroxyl groups excluding tert-OH is 3.